The Balaban J connectivity index is 1.94. The Hall–Kier alpha value is -1.40. The molecule has 0 amide bonds. The molecule has 0 aromatic heterocycles. The average Bonchev–Trinajstić information content (AvgIpc) is 2.49. The predicted octanol–water partition coefficient (Wildman–Crippen LogP) is -0.382. The molecule has 0 heterocycles. The predicted molar refractivity (Wildman–Crippen MR) is 72.4 cm³/mol. The van der Waals surface area contributed by atoms with E-state index in [1.807, 2.05) is 30.3 Å². The minimum absolute atomic E-state index is 0.190. The summed E-state index contributed by atoms with van der Waals surface area (Å²) in [4.78, 5) is 11.7. The monoisotopic (exact) mass is 383 g/mol. The summed E-state index contributed by atoms with van der Waals surface area (Å²) < 4.78 is 12.6. The number of ether oxygens (including phenoxy) is 2. The number of carbonyl (C=O) groups excluding carboxylic acids is 1. The lowest BCUT2D eigenvalue weighted by Crippen LogP contribution is -3.61. The molecule has 0 unspecified atom stereocenters. The van der Waals surface area contributed by atoms with Crippen molar-refractivity contribution in [3.05, 3.63) is 67.3 Å². The van der Waals surface area contributed by atoms with E-state index in [0.29, 0.717) is 12.2 Å². The summed E-state index contributed by atoms with van der Waals surface area (Å²) in [6.45, 7) is 0.706. The Morgan fingerprint density at radius 3 is 2.25 bits per heavy atom. The van der Waals surface area contributed by atoms with Gasteiger partial charge in [-0.25, -0.2) is 4.79 Å². The van der Waals surface area contributed by atoms with Crippen molar-refractivity contribution >= 4 is 5.97 Å². The lowest BCUT2D eigenvalue weighted by molar-refractivity contribution is -0.597. The molecule has 3 nitrogen and oxygen atoms in total. The van der Waals surface area contributed by atoms with E-state index in [1.165, 1.54) is 7.14 Å². The topological polar surface area (TPSA) is 35.5 Å². The molecule has 104 valence electrons. The van der Waals surface area contributed by atoms with E-state index >= 15 is 0 Å². The highest BCUT2D eigenvalue weighted by molar-refractivity contribution is 5.89. The van der Waals surface area contributed by atoms with Crippen LogP contribution in [0.1, 0.15) is 10.4 Å². The average molecular weight is 383 g/mol. The SMILES string of the molecule is COCCOC(=O)c1ccc([I+]c2ccccc2)cc1. The number of esters is 1. The zero-order valence-corrected chi connectivity index (χ0v) is 13.4. The molecule has 4 heteroatoms. The molecule has 20 heavy (non-hydrogen) atoms. The lowest BCUT2D eigenvalue weighted by atomic mass is 10.2. The first kappa shape index (κ1) is 15.0. The Kier molecular flexibility index (Phi) is 6.01. The van der Waals surface area contributed by atoms with Crippen molar-refractivity contribution in [3.8, 4) is 0 Å². The van der Waals surface area contributed by atoms with Crippen LogP contribution in [0.25, 0.3) is 0 Å². The lowest BCUT2D eigenvalue weighted by Gasteiger charge is -2.03. The second kappa shape index (κ2) is 8.01. The van der Waals surface area contributed by atoms with E-state index in [0.717, 1.165) is 0 Å². The van der Waals surface area contributed by atoms with Crippen LogP contribution in [0.3, 0.4) is 0 Å². The number of rotatable bonds is 6. The van der Waals surface area contributed by atoms with Gasteiger partial charge in [-0.05, 0) is 36.4 Å². The van der Waals surface area contributed by atoms with Gasteiger partial charge < -0.3 is 9.47 Å². The van der Waals surface area contributed by atoms with Crippen molar-refractivity contribution < 1.29 is 35.5 Å². The van der Waals surface area contributed by atoms with Gasteiger partial charge in [-0.15, -0.1) is 0 Å². The Bertz CT molecular complexity index is 537. The first-order valence-corrected chi connectivity index (χ1v) is 8.41. The zero-order chi connectivity index (χ0) is 14.2. The van der Waals surface area contributed by atoms with E-state index in [4.69, 9.17) is 9.47 Å². The summed E-state index contributed by atoms with van der Waals surface area (Å²) >= 11 is -0.190. The van der Waals surface area contributed by atoms with Crippen LogP contribution in [0, 0.1) is 7.14 Å². The smallest absolute Gasteiger partial charge is 0.357 e. The number of hydrogen-bond acceptors (Lipinski definition) is 3. The maximum Gasteiger partial charge on any atom is 0.357 e. The van der Waals surface area contributed by atoms with Crippen molar-refractivity contribution in [2.45, 2.75) is 0 Å². The van der Waals surface area contributed by atoms with Crippen molar-refractivity contribution in [2.75, 3.05) is 20.3 Å². The third-order valence-corrected chi connectivity index (χ3v) is 5.24. The maximum absolute atomic E-state index is 11.7. The minimum atomic E-state index is -0.300. The van der Waals surface area contributed by atoms with Gasteiger partial charge in [0.2, 0.25) is 0 Å². The fourth-order valence-electron chi connectivity index (χ4n) is 1.55. The molecule has 0 radical (unpaired) electrons. The van der Waals surface area contributed by atoms with Gasteiger partial charge in [0.05, 0.1) is 12.2 Å². The molecular weight excluding hydrogens is 367 g/mol. The van der Waals surface area contributed by atoms with Crippen molar-refractivity contribution in [2.24, 2.45) is 0 Å². The molecular formula is C16H16IO3+. The summed E-state index contributed by atoms with van der Waals surface area (Å²) in [5.74, 6) is -0.300. The van der Waals surface area contributed by atoms with Crippen LogP contribution >= 0.6 is 0 Å². The summed E-state index contributed by atoms with van der Waals surface area (Å²) in [6.07, 6.45) is 0. The second-order valence-corrected chi connectivity index (χ2v) is 7.06. The van der Waals surface area contributed by atoms with Crippen LogP contribution in [0.15, 0.2) is 54.6 Å². The number of benzene rings is 2. The van der Waals surface area contributed by atoms with Gasteiger partial charge in [0.15, 0.2) is 7.14 Å². The Labute approximate surface area is 129 Å². The van der Waals surface area contributed by atoms with E-state index in [-0.39, 0.29) is 33.8 Å². The molecule has 0 saturated carbocycles. The highest BCUT2D eigenvalue weighted by Crippen LogP contribution is 2.01. The van der Waals surface area contributed by atoms with Crippen molar-refractivity contribution in [1.29, 1.82) is 0 Å². The Morgan fingerprint density at radius 1 is 0.950 bits per heavy atom. The van der Waals surface area contributed by atoms with Gasteiger partial charge in [0.25, 0.3) is 0 Å². The van der Waals surface area contributed by atoms with Gasteiger partial charge in [0, 0.05) is 7.11 Å². The third-order valence-electron chi connectivity index (χ3n) is 2.55. The highest BCUT2D eigenvalue weighted by atomic mass is 127. The molecule has 0 aliphatic heterocycles. The summed E-state index contributed by atoms with van der Waals surface area (Å²) in [6, 6.07) is 18.1. The van der Waals surface area contributed by atoms with Crippen molar-refractivity contribution in [3.63, 3.8) is 0 Å². The third kappa shape index (κ3) is 4.61. The molecule has 0 atom stereocenters. The highest BCUT2D eigenvalue weighted by Gasteiger charge is 2.15. The van der Waals surface area contributed by atoms with Crippen LogP contribution in [-0.4, -0.2) is 26.3 Å². The van der Waals surface area contributed by atoms with Crippen LogP contribution in [0.2, 0.25) is 0 Å². The molecule has 0 bridgehead atoms. The largest absolute Gasteiger partial charge is 0.460 e. The van der Waals surface area contributed by atoms with Gasteiger partial charge in [-0.1, -0.05) is 18.2 Å². The zero-order valence-electron chi connectivity index (χ0n) is 11.2. The molecule has 2 rings (SSSR count). The van der Waals surface area contributed by atoms with Crippen LogP contribution in [0.4, 0.5) is 0 Å². The molecule has 0 aliphatic rings. The molecule has 0 fully saturated rings. The van der Waals surface area contributed by atoms with Crippen molar-refractivity contribution in [1.82, 2.24) is 0 Å². The second-order valence-electron chi connectivity index (χ2n) is 4.03. The van der Waals surface area contributed by atoms with Gasteiger partial charge in [-0.2, -0.15) is 0 Å². The van der Waals surface area contributed by atoms with Gasteiger partial charge in [0.1, 0.15) is 6.61 Å². The number of hydrogen-bond donors (Lipinski definition) is 0. The first-order chi connectivity index (χ1) is 9.79. The molecule has 0 aliphatic carbocycles. The van der Waals surface area contributed by atoms with Gasteiger partial charge in [-0.3, -0.25) is 0 Å². The standard InChI is InChI=1S/C16H16IO3/c1-19-11-12-20-16(18)13-7-9-15(10-8-13)17-14-5-3-2-4-6-14/h2-10H,11-12H2,1H3/q+1. The fraction of sp³-hybridized carbons (Fsp3) is 0.188. The maximum atomic E-state index is 11.7. The molecule has 0 N–H and O–H groups in total. The summed E-state index contributed by atoms with van der Waals surface area (Å²) in [5.41, 5.74) is 0.585. The van der Waals surface area contributed by atoms with Crippen LogP contribution < -0.4 is 21.2 Å². The summed E-state index contributed by atoms with van der Waals surface area (Å²) in [7, 11) is 1.58. The molecule has 2 aromatic rings. The van der Waals surface area contributed by atoms with E-state index in [9.17, 15) is 4.79 Å². The normalized spacial score (nSPS) is 10.2. The fourth-order valence-corrected chi connectivity index (χ4v) is 3.77. The molecule has 0 spiro atoms. The number of methoxy groups -OCH3 is 1. The van der Waals surface area contributed by atoms with Crippen LogP contribution in [-0.2, 0) is 9.47 Å². The first-order valence-electron chi connectivity index (χ1n) is 6.25. The van der Waals surface area contributed by atoms with E-state index in [1.54, 1.807) is 7.11 Å². The Morgan fingerprint density at radius 2 is 1.60 bits per heavy atom. The quantitative estimate of drug-likeness (QED) is 0.388. The number of carbonyl (C=O) groups is 1. The number of halogens is 1. The minimum Gasteiger partial charge on any atom is -0.460 e. The van der Waals surface area contributed by atoms with Gasteiger partial charge >= 0.3 is 27.2 Å². The molecule has 0 saturated heterocycles. The molecule has 2 aromatic carbocycles. The van der Waals surface area contributed by atoms with E-state index < -0.39 is 0 Å². The van der Waals surface area contributed by atoms with E-state index in [2.05, 4.69) is 24.3 Å². The van der Waals surface area contributed by atoms with Crippen LogP contribution in [0.5, 0.6) is 0 Å². The summed E-state index contributed by atoms with van der Waals surface area (Å²) in [5, 5.41) is 0.